The summed E-state index contributed by atoms with van der Waals surface area (Å²) in [6.07, 6.45) is 1.08. The maximum absolute atomic E-state index is 12.3. The number of halogens is 1. The van der Waals surface area contributed by atoms with Crippen LogP contribution in [0.5, 0.6) is 0 Å². The third-order valence-electron chi connectivity index (χ3n) is 3.87. The molecule has 0 unspecified atom stereocenters. The van der Waals surface area contributed by atoms with Crippen molar-refractivity contribution in [2.45, 2.75) is 13.3 Å². The average Bonchev–Trinajstić information content (AvgIpc) is 2.54. The highest BCUT2D eigenvalue weighted by Gasteiger charge is 2.21. The molecule has 2 rings (SSSR count). The predicted octanol–water partition coefficient (Wildman–Crippen LogP) is 1.49. The molecule has 0 bridgehead atoms. The van der Waals surface area contributed by atoms with Crippen LogP contribution in [0.4, 0.5) is 5.69 Å². The molecule has 0 aliphatic carbocycles. The van der Waals surface area contributed by atoms with E-state index in [1.165, 1.54) is 6.92 Å². The van der Waals surface area contributed by atoms with Crippen molar-refractivity contribution in [2.24, 2.45) is 0 Å². The van der Waals surface area contributed by atoms with Gasteiger partial charge in [-0.25, -0.2) is 0 Å². The molecule has 7 heteroatoms. The maximum atomic E-state index is 12.3. The number of amides is 3. The topological polar surface area (TPSA) is 60.9 Å². The molecule has 1 fully saturated rings. The average molecular weight is 382 g/mol. The van der Waals surface area contributed by atoms with Crippen LogP contribution in [-0.4, -0.2) is 60.7 Å². The van der Waals surface area contributed by atoms with Crippen LogP contribution < -0.4 is 4.90 Å². The van der Waals surface area contributed by atoms with Crippen LogP contribution >= 0.6 is 15.9 Å². The molecule has 0 saturated carbocycles. The van der Waals surface area contributed by atoms with E-state index in [2.05, 4.69) is 15.9 Å². The summed E-state index contributed by atoms with van der Waals surface area (Å²) >= 11 is 3.39. The van der Waals surface area contributed by atoms with Crippen molar-refractivity contribution >= 4 is 39.8 Å². The Morgan fingerprint density at radius 1 is 1.26 bits per heavy atom. The lowest BCUT2D eigenvalue weighted by molar-refractivity contribution is -0.135. The second-order valence-corrected chi connectivity index (χ2v) is 6.34. The van der Waals surface area contributed by atoms with Crippen molar-refractivity contribution in [1.82, 2.24) is 9.80 Å². The van der Waals surface area contributed by atoms with Gasteiger partial charge in [0.05, 0.1) is 0 Å². The lowest BCUT2D eigenvalue weighted by Gasteiger charge is -2.33. The molecule has 0 radical (unpaired) electrons. The van der Waals surface area contributed by atoms with Gasteiger partial charge >= 0.3 is 0 Å². The minimum Gasteiger partial charge on any atom is -0.342 e. The molecule has 0 N–H and O–H groups in total. The lowest BCUT2D eigenvalue weighted by Crippen LogP contribution is -2.48. The molecule has 1 aliphatic heterocycles. The summed E-state index contributed by atoms with van der Waals surface area (Å²) in [6, 6.07) is 7.45. The first-order valence-electron chi connectivity index (χ1n) is 7.52. The van der Waals surface area contributed by atoms with Gasteiger partial charge in [-0.1, -0.05) is 22.0 Å². The second kappa shape index (κ2) is 8.10. The molecule has 6 nitrogen and oxygen atoms in total. The Kier molecular flexibility index (Phi) is 6.15. The standard InChI is InChI=1S/C16H20BrN3O3/c1-13(22)20(15-4-2-3-14(17)11-15)6-5-16(23)19-9-7-18(12-21)8-10-19/h2-4,11-12H,5-10H2,1H3. The Labute approximate surface area is 144 Å². The van der Waals surface area contributed by atoms with Crippen LogP contribution in [0.25, 0.3) is 0 Å². The van der Waals surface area contributed by atoms with Gasteiger partial charge in [-0.2, -0.15) is 0 Å². The second-order valence-electron chi connectivity index (χ2n) is 5.42. The first-order valence-corrected chi connectivity index (χ1v) is 8.31. The van der Waals surface area contributed by atoms with Crippen LogP contribution in [0.15, 0.2) is 28.7 Å². The van der Waals surface area contributed by atoms with Crippen molar-refractivity contribution in [3.8, 4) is 0 Å². The summed E-state index contributed by atoms with van der Waals surface area (Å²) in [5.41, 5.74) is 0.769. The molecule has 0 atom stereocenters. The van der Waals surface area contributed by atoms with E-state index < -0.39 is 0 Å². The van der Waals surface area contributed by atoms with Crippen LogP contribution in [0.3, 0.4) is 0 Å². The van der Waals surface area contributed by atoms with E-state index in [4.69, 9.17) is 0 Å². The van der Waals surface area contributed by atoms with Crippen molar-refractivity contribution in [1.29, 1.82) is 0 Å². The van der Waals surface area contributed by atoms with E-state index in [1.54, 1.807) is 14.7 Å². The van der Waals surface area contributed by atoms with E-state index in [1.807, 2.05) is 24.3 Å². The van der Waals surface area contributed by atoms with Crippen molar-refractivity contribution < 1.29 is 14.4 Å². The third kappa shape index (κ3) is 4.79. The Morgan fingerprint density at radius 3 is 2.52 bits per heavy atom. The van der Waals surface area contributed by atoms with Gasteiger partial charge < -0.3 is 14.7 Å². The smallest absolute Gasteiger partial charge is 0.224 e. The summed E-state index contributed by atoms with van der Waals surface area (Å²) in [5.74, 6) is -0.0848. The van der Waals surface area contributed by atoms with Gasteiger partial charge in [-0.15, -0.1) is 0 Å². The molecule has 23 heavy (non-hydrogen) atoms. The molecule has 124 valence electrons. The van der Waals surface area contributed by atoms with E-state index in [9.17, 15) is 14.4 Å². The highest BCUT2D eigenvalue weighted by Crippen LogP contribution is 2.20. The molecule has 0 aromatic heterocycles. The minimum atomic E-state index is -0.0957. The molecule has 0 spiro atoms. The predicted molar refractivity (Wildman–Crippen MR) is 91.0 cm³/mol. The fourth-order valence-corrected chi connectivity index (χ4v) is 2.94. The molecule has 1 saturated heterocycles. The van der Waals surface area contributed by atoms with Crippen LogP contribution in [-0.2, 0) is 14.4 Å². The summed E-state index contributed by atoms with van der Waals surface area (Å²) in [5, 5.41) is 0. The third-order valence-corrected chi connectivity index (χ3v) is 4.36. The molecule has 1 aliphatic rings. The first kappa shape index (κ1) is 17.5. The molecule has 1 aromatic rings. The number of benzene rings is 1. The highest BCUT2D eigenvalue weighted by molar-refractivity contribution is 9.10. The lowest BCUT2D eigenvalue weighted by atomic mass is 10.2. The summed E-state index contributed by atoms with van der Waals surface area (Å²) in [6.45, 7) is 4.07. The minimum absolute atomic E-state index is 0.0109. The van der Waals surface area contributed by atoms with Crippen molar-refractivity contribution in [2.75, 3.05) is 37.6 Å². The Bertz CT molecular complexity index is 586. The summed E-state index contributed by atoms with van der Waals surface area (Å²) in [4.78, 5) is 39.9. The fraction of sp³-hybridized carbons (Fsp3) is 0.438. The Morgan fingerprint density at radius 2 is 1.96 bits per heavy atom. The SMILES string of the molecule is CC(=O)N(CCC(=O)N1CCN(C=O)CC1)c1cccc(Br)c1. The van der Waals surface area contributed by atoms with Gasteiger partial charge in [0.2, 0.25) is 18.2 Å². The molecular formula is C16H20BrN3O3. The van der Waals surface area contributed by atoms with Gasteiger partial charge in [0.25, 0.3) is 0 Å². The van der Waals surface area contributed by atoms with E-state index in [0.29, 0.717) is 32.7 Å². The molecule has 1 heterocycles. The van der Waals surface area contributed by atoms with Crippen LogP contribution in [0.1, 0.15) is 13.3 Å². The van der Waals surface area contributed by atoms with Gasteiger partial charge in [0.15, 0.2) is 0 Å². The van der Waals surface area contributed by atoms with Crippen molar-refractivity contribution in [3.63, 3.8) is 0 Å². The van der Waals surface area contributed by atoms with E-state index in [-0.39, 0.29) is 18.2 Å². The zero-order valence-electron chi connectivity index (χ0n) is 13.1. The van der Waals surface area contributed by atoms with Gasteiger partial charge in [-0.3, -0.25) is 14.4 Å². The number of piperazine rings is 1. The molecule has 1 aromatic carbocycles. The fourth-order valence-electron chi connectivity index (χ4n) is 2.55. The largest absolute Gasteiger partial charge is 0.342 e. The van der Waals surface area contributed by atoms with Gasteiger partial charge in [0, 0.05) is 56.2 Å². The monoisotopic (exact) mass is 381 g/mol. The van der Waals surface area contributed by atoms with Crippen molar-refractivity contribution in [3.05, 3.63) is 28.7 Å². The summed E-state index contributed by atoms with van der Waals surface area (Å²) in [7, 11) is 0. The number of carbonyl (C=O) groups excluding carboxylic acids is 3. The number of hydrogen-bond acceptors (Lipinski definition) is 3. The highest BCUT2D eigenvalue weighted by atomic mass is 79.9. The molecular weight excluding hydrogens is 362 g/mol. The first-order chi connectivity index (χ1) is 11.0. The number of carbonyl (C=O) groups is 3. The zero-order valence-corrected chi connectivity index (χ0v) is 14.7. The quantitative estimate of drug-likeness (QED) is 0.726. The van der Waals surface area contributed by atoms with Crippen LogP contribution in [0.2, 0.25) is 0 Å². The maximum Gasteiger partial charge on any atom is 0.224 e. The summed E-state index contributed by atoms with van der Waals surface area (Å²) < 4.78 is 0.887. The van der Waals surface area contributed by atoms with E-state index in [0.717, 1.165) is 16.6 Å². The number of rotatable bonds is 5. The van der Waals surface area contributed by atoms with Gasteiger partial charge in [0.1, 0.15) is 0 Å². The Hall–Kier alpha value is -1.89. The van der Waals surface area contributed by atoms with Gasteiger partial charge in [-0.05, 0) is 18.2 Å². The van der Waals surface area contributed by atoms with E-state index >= 15 is 0 Å². The number of nitrogens with zero attached hydrogens (tertiary/aromatic N) is 3. The normalized spacial score (nSPS) is 14.5. The Balaban J connectivity index is 1.93. The molecule has 3 amide bonds. The van der Waals surface area contributed by atoms with Crippen LogP contribution in [0, 0.1) is 0 Å². The number of hydrogen-bond donors (Lipinski definition) is 0. The zero-order chi connectivity index (χ0) is 16.8. The number of anilines is 1.